The number of aromatic nitrogens is 2. The van der Waals surface area contributed by atoms with Gasteiger partial charge < -0.3 is 24.4 Å². The Morgan fingerprint density at radius 2 is 1.91 bits per heavy atom. The van der Waals surface area contributed by atoms with Crippen LogP contribution in [-0.4, -0.2) is 85.1 Å². The monoisotopic (exact) mass is 815 g/mol. The summed E-state index contributed by atoms with van der Waals surface area (Å²) >= 11 is 1.49. The van der Waals surface area contributed by atoms with Gasteiger partial charge in [-0.05, 0) is 63.1 Å². The maximum absolute atomic E-state index is 14.4. The van der Waals surface area contributed by atoms with E-state index in [1.807, 2.05) is 42.7 Å². The number of thiazole rings is 1. The van der Waals surface area contributed by atoms with Crippen LogP contribution in [0.15, 0.2) is 66.1 Å². The van der Waals surface area contributed by atoms with E-state index in [0.717, 1.165) is 28.1 Å². The fraction of sp³-hybridized carbons (Fsp3) is 0.452. The summed E-state index contributed by atoms with van der Waals surface area (Å²) in [5.74, 6) is -1.18. The number of hydrogen-bond donors (Lipinski definition) is 2. The maximum atomic E-state index is 14.4. The summed E-state index contributed by atoms with van der Waals surface area (Å²) in [5, 5.41) is 6.40. The molecule has 13 nitrogen and oxygen atoms in total. The van der Waals surface area contributed by atoms with E-state index in [4.69, 9.17) is 24.2 Å². The Morgan fingerprint density at radius 1 is 1.12 bits per heavy atom. The first-order valence-corrected chi connectivity index (χ1v) is 21.9. The van der Waals surface area contributed by atoms with E-state index in [2.05, 4.69) is 23.9 Å². The molecule has 2 aliphatic heterocycles. The SMILES string of the molecule is COc1ccc2c(OC3CC4C(=O)NC5(C(=O)NS(=O)(=O)Cc6ccccc6)CC5C=CCCCCOC(C)C(=O)N4C3)cc(-c3nc(C(C)C)cs3)nc2c1C. The van der Waals surface area contributed by atoms with E-state index in [-0.39, 0.29) is 31.2 Å². The van der Waals surface area contributed by atoms with Crippen LogP contribution in [0.1, 0.15) is 75.6 Å². The molecule has 1 aliphatic carbocycles. The highest BCUT2D eigenvalue weighted by Crippen LogP contribution is 2.46. The summed E-state index contributed by atoms with van der Waals surface area (Å²) in [6.07, 6.45) is 4.87. The molecule has 2 N–H and O–H groups in total. The molecule has 0 bridgehead atoms. The van der Waals surface area contributed by atoms with E-state index < -0.39 is 57.3 Å². The molecule has 57 heavy (non-hydrogen) atoms. The summed E-state index contributed by atoms with van der Waals surface area (Å²) < 4.78 is 47.0. The number of benzene rings is 2. The van der Waals surface area contributed by atoms with Gasteiger partial charge in [-0.3, -0.25) is 19.1 Å². The van der Waals surface area contributed by atoms with Crippen LogP contribution in [-0.2, 0) is 34.9 Å². The lowest BCUT2D eigenvalue weighted by molar-refractivity contribution is -0.147. The summed E-state index contributed by atoms with van der Waals surface area (Å²) in [7, 11) is -2.49. The normalized spacial score (nSPS) is 24.3. The Hall–Kier alpha value is -4.86. The summed E-state index contributed by atoms with van der Waals surface area (Å²) in [6.45, 7) is 8.20. The summed E-state index contributed by atoms with van der Waals surface area (Å²) in [5.41, 5.74) is 2.09. The first-order chi connectivity index (χ1) is 27.3. The quantitative estimate of drug-likeness (QED) is 0.197. The molecule has 2 fully saturated rings. The topological polar surface area (TPSA) is 166 Å². The lowest BCUT2D eigenvalue weighted by Gasteiger charge is -2.28. The van der Waals surface area contributed by atoms with E-state index in [1.54, 1.807) is 44.4 Å². The molecular weight excluding hydrogens is 767 g/mol. The molecule has 7 rings (SSSR count). The third kappa shape index (κ3) is 8.70. The highest BCUT2D eigenvalue weighted by atomic mass is 32.2. The van der Waals surface area contributed by atoms with Gasteiger partial charge in [0.25, 0.3) is 11.8 Å². The van der Waals surface area contributed by atoms with Crippen molar-refractivity contribution in [2.45, 2.75) is 95.3 Å². The van der Waals surface area contributed by atoms with Crippen molar-refractivity contribution in [2.24, 2.45) is 5.92 Å². The largest absolute Gasteiger partial charge is 0.496 e. The fourth-order valence-electron chi connectivity index (χ4n) is 7.57. The Balaban J connectivity index is 1.20. The number of pyridine rings is 1. The first-order valence-electron chi connectivity index (χ1n) is 19.4. The molecule has 4 heterocycles. The van der Waals surface area contributed by atoms with Crippen molar-refractivity contribution in [1.29, 1.82) is 0 Å². The van der Waals surface area contributed by atoms with E-state index >= 15 is 0 Å². The Morgan fingerprint density at radius 3 is 2.65 bits per heavy atom. The molecule has 2 aromatic heterocycles. The minimum absolute atomic E-state index is 0.0711. The number of methoxy groups -OCH3 is 1. The van der Waals surface area contributed by atoms with Gasteiger partial charge >= 0.3 is 0 Å². The zero-order valence-corrected chi connectivity index (χ0v) is 34.5. The summed E-state index contributed by atoms with van der Waals surface area (Å²) in [6, 6.07) is 13.1. The molecule has 0 spiro atoms. The predicted molar refractivity (Wildman–Crippen MR) is 217 cm³/mol. The molecule has 15 heteroatoms. The van der Waals surface area contributed by atoms with Gasteiger partial charge in [0.15, 0.2) is 0 Å². The Bertz CT molecular complexity index is 2300. The number of allylic oxidation sites excluding steroid dienone is 1. The van der Waals surface area contributed by atoms with Crippen molar-refractivity contribution in [3.8, 4) is 22.2 Å². The Labute approximate surface area is 337 Å². The van der Waals surface area contributed by atoms with Crippen LogP contribution in [0.3, 0.4) is 0 Å². The van der Waals surface area contributed by atoms with Crippen molar-refractivity contribution in [3.05, 3.63) is 82.9 Å². The van der Waals surface area contributed by atoms with E-state index in [1.165, 1.54) is 16.2 Å². The van der Waals surface area contributed by atoms with Crippen molar-refractivity contribution < 1.29 is 37.0 Å². The van der Waals surface area contributed by atoms with Crippen molar-refractivity contribution >= 4 is 50.0 Å². The first kappa shape index (κ1) is 40.3. The van der Waals surface area contributed by atoms with Crippen LogP contribution in [0.5, 0.6) is 11.5 Å². The van der Waals surface area contributed by atoms with Gasteiger partial charge in [0, 0.05) is 41.3 Å². The third-order valence-electron chi connectivity index (χ3n) is 10.9. The third-order valence-corrected chi connectivity index (χ3v) is 13.0. The molecule has 302 valence electrons. The molecule has 5 atom stereocenters. The smallest absolute Gasteiger partial charge is 0.259 e. The number of fused-ring (bicyclic) bond motifs is 3. The lowest BCUT2D eigenvalue weighted by Crippen LogP contribution is -2.57. The number of carbonyl (C=O) groups excluding carboxylic acids is 3. The van der Waals surface area contributed by atoms with Crippen LogP contribution in [0.25, 0.3) is 21.6 Å². The highest BCUT2D eigenvalue weighted by molar-refractivity contribution is 7.89. The molecule has 1 saturated carbocycles. The number of amides is 3. The predicted octanol–water partition coefficient (Wildman–Crippen LogP) is 5.81. The molecule has 4 aromatic rings. The number of carbonyl (C=O) groups is 3. The van der Waals surface area contributed by atoms with Gasteiger partial charge in [0.2, 0.25) is 15.9 Å². The molecular formula is C42H49N5O8S2. The molecule has 0 radical (unpaired) electrons. The van der Waals surface area contributed by atoms with Crippen molar-refractivity contribution in [3.63, 3.8) is 0 Å². The van der Waals surface area contributed by atoms with Gasteiger partial charge in [-0.2, -0.15) is 0 Å². The van der Waals surface area contributed by atoms with E-state index in [0.29, 0.717) is 47.7 Å². The van der Waals surface area contributed by atoms with Crippen molar-refractivity contribution in [1.82, 2.24) is 24.9 Å². The van der Waals surface area contributed by atoms with Gasteiger partial charge in [0.05, 0.1) is 30.6 Å². The van der Waals surface area contributed by atoms with Crippen molar-refractivity contribution in [2.75, 3.05) is 20.3 Å². The molecule has 3 amide bonds. The van der Waals surface area contributed by atoms with Crippen LogP contribution in [0.2, 0.25) is 0 Å². The highest BCUT2D eigenvalue weighted by Gasteiger charge is 2.61. The Kier molecular flexibility index (Phi) is 11.7. The van der Waals surface area contributed by atoms with E-state index in [9.17, 15) is 22.8 Å². The zero-order chi connectivity index (χ0) is 40.5. The van der Waals surface area contributed by atoms with Crippen LogP contribution in [0, 0.1) is 12.8 Å². The average molecular weight is 816 g/mol. The lowest BCUT2D eigenvalue weighted by atomic mass is 10.1. The van der Waals surface area contributed by atoms with Gasteiger partial charge in [-0.1, -0.05) is 56.3 Å². The van der Waals surface area contributed by atoms with Gasteiger partial charge in [-0.15, -0.1) is 11.3 Å². The molecule has 1 saturated heterocycles. The zero-order valence-electron chi connectivity index (χ0n) is 32.8. The van der Waals surface area contributed by atoms with Crippen LogP contribution < -0.4 is 19.5 Å². The number of nitrogens with one attached hydrogen (secondary N) is 2. The minimum Gasteiger partial charge on any atom is -0.496 e. The second-order valence-corrected chi connectivity index (χ2v) is 18.0. The fourth-order valence-corrected chi connectivity index (χ4v) is 9.68. The number of ether oxygens (including phenoxy) is 3. The minimum atomic E-state index is -4.10. The van der Waals surface area contributed by atoms with Gasteiger partial charge in [0.1, 0.15) is 46.0 Å². The second-order valence-electron chi connectivity index (χ2n) is 15.4. The molecule has 3 aliphatic rings. The average Bonchev–Trinajstić information content (AvgIpc) is 3.46. The number of nitrogens with zero attached hydrogens (tertiary/aromatic N) is 3. The number of aryl methyl sites for hydroxylation is 1. The molecule has 2 aromatic carbocycles. The van der Waals surface area contributed by atoms with Crippen LogP contribution >= 0.6 is 11.3 Å². The number of hydrogen-bond acceptors (Lipinski definition) is 11. The number of sulfonamides is 1. The maximum Gasteiger partial charge on any atom is 0.259 e. The molecule has 5 unspecified atom stereocenters. The summed E-state index contributed by atoms with van der Waals surface area (Å²) in [4.78, 5) is 53.7. The number of rotatable bonds is 9. The van der Waals surface area contributed by atoms with Gasteiger partial charge in [-0.25, -0.2) is 18.4 Å². The standard InChI is InChI=1S/C42H49N5O8S2/c1-25(2)33-23-56-39(44-33)32-20-36(31-16-17-35(53-5)26(3)37(31)43-32)55-30-19-34-38(48)45-42(41(50)46-57(51,52)24-28-13-9-8-10-14-28)21-29(42)15-11-6-7-12-18-54-27(4)40(49)47(34)22-30/h8-11,13-17,20,23,25,27,29-30,34H,6-7,12,18-19,21-22,24H2,1-5H3,(H,45,48)(H,46,50). The van der Waals surface area contributed by atoms with Crippen LogP contribution in [0.4, 0.5) is 0 Å². The second kappa shape index (κ2) is 16.5.